The highest BCUT2D eigenvalue weighted by Gasteiger charge is 2.51. The van der Waals surface area contributed by atoms with Gasteiger partial charge >= 0.3 is 0 Å². The molecule has 3 aromatic carbocycles. The molecule has 0 spiro atoms. The summed E-state index contributed by atoms with van der Waals surface area (Å²) in [5.41, 5.74) is 10.6. The van der Waals surface area contributed by atoms with E-state index in [0.29, 0.717) is 11.5 Å². The van der Waals surface area contributed by atoms with Crippen molar-refractivity contribution in [1.82, 2.24) is 14.6 Å². The average Bonchev–Trinajstić information content (AvgIpc) is 3.62. The fourth-order valence-electron chi connectivity index (χ4n) is 7.19. The van der Waals surface area contributed by atoms with E-state index >= 15 is 0 Å². The number of nitriles is 2. The molecule has 0 saturated carbocycles. The van der Waals surface area contributed by atoms with Gasteiger partial charge in [-0.2, -0.15) is 10.5 Å². The van der Waals surface area contributed by atoms with Crippen LogP contribution in [0.4, 0.5) is 17.3 Å². The van der Waals surface area contributed by atoms with E-state index in [1.165, 1.54) is 13.4 Å². The largest absolute Gasteiger partial charge is 0.497 e. The van der Waals surface area contributed by atoms with E-state index in [9.17, 15) is 5.26 Å². The highest BCUT2D eigenvalue weighted by molar-refractivity contribution is 7.44. The summed E-state index contributed by atoms with van der Waals surface area (Å²) >= 11 is 0. The molecular weight excluding hydrogens is 844 g/mol. The third kappa shape index (κ3) is 12.7. The third-order valence-corrected chi connectivity index (χ3v) is 12.2. The Balaban J connectivity index is 1.64. The molecule has 64 heavy (non-hydrogen) atoms. The summed E-state index contributed by atoms with van der Waals surface area (Å²) in [4.78, 5) is 13.7. The lowest BCUT2D eigenvalue weighted by Crippen LogP contribution is -2.44. The van der Waals surface area contributed by atoms with Crippen LogP contribution in [0.3, 0.4) is 0 Å². The van der Waals surface area contributed by atoms with Crippen molar-refractivity contribution in [1.29, 1.82) is 10.5 Å². The normalized spacial score (nSPS) is 17.9. The Morgan fingerprint density at radius 1 is 0.781 bits per heavy atom. The fraction of sp³-hybridized carbons (Fsp3) is 0.467. The van der Waals surface area contributed by atoms with Crippen molar-refractivity contribution < 1.29 is 47.0 Å². The van der Waals surface area contributed by atoms with Crippen LogP contribution >= 0.6 is 8.53 Å². The van der Waals surface area contributed by atoms with Crippen molar-refractivity contribution in [2.75, 3.05) is 71.3 Å². The molecule has 344 valence electrons. The number of ether oxygens (including phenoxy) is 7. The van der Waals surface area contributed by atoms with Gasteiger partial charge in [0.1, 0.15) is 61.0 Å². The van der Waals surface area contributed by atoms with Gasteiger partial charge in [-0.15, -0.1) is 0 Å². The molecule has 19 heteroatoms. The lowest BCUT2D eigenvalue weighted by Gasteiger charge is -2.39. The maximum absolute atomic E-state index is 9.50. The number of nitrogens with two attached hydrogens (primary N) is 1. The van der Waals surface area contributed by atoms with Crippen molar-refractivity contribution in [3.05, 3.63) is 102 Å². The van der Waals surface area contributed by atoms with E-state index in [1.54, 1.807) is 14.2 Å². The Morgan fingerprint density at radius 3 is 1.95 bits per heavy atom. The number of nitrogens with zero attached hydrogens (tertiary/aromatic N) is 5. The standard InChI is InChI=1S/C45H59N8O10P/c1-31(2)53(32(3)4)64(61-26-12-24-47)63-40-38(62-44(41(40)59-30-58-29-57-25-11-23-46)51-42-39(48)43(52-56-7)50-28-49-42)27-60-45(33-13-9-8-10-14-33,34-15-19-36(54-5)20-16-34)35-17-21-37(55-6)22-18-35/h8-10,13-22,28,31-32,38,40-41,44H,11-12,25-27,29-30,48H2,1-7H3,(H2,49,50,51,52)/t38-,40?,41?,44-,64?/m1/s1. The molecule has 1 saturated heterocycles. The van der Waals surface area contributed by atoms with Crippen LogP contribution in [0, 0.1) is 22.7 Å². The quantitative estimate of drug-likeness (QED) is 0.0179. The monoisotopic (exact) mass is 902 g/mol. The van der Waals surface area contributed by atoms with Crippen molar-refractivity contribution >= 4 is 25.8 Å². The van der Waals surface area contributed by atoms with Crippen LogP contribution in [0.25, 0.3) is 0 Å². The topological polar surface area (TPSA) is 219 Å². The molecule has 0 radical (unpaired) electrons. The second kappa shape index (κ2) is 25.3. The highest BCUT2D eigenvalue weighted by atomic mass is 31.2. The zero-order valence-electron chi connectivity index (χ0n) is 37.3. The van der Waals surface area contributed by atoms with Crippen LogP contribution in [0.15, 0.2) is 85.2 Å². The van der Waals surface area contributed by atoms with Crippen LogP contribution in [0.1, 0.15) is 57.2 Å². The summed E-state index contributed by atoms with van der Waals surface area (Å²) < 4.78 is 58.8. The van der Waals surface area contributed by atoms with Gasteiger partial charge in [-0.25, -0.2) is 20.1 Å². The molecule has 5 rings (SSSR count). The van der Waals surface area contributed by atoms with Gasteiger partial charge in [0.15, 0.2) is 17.9 Å². The van der Waals surface area contributed by atoms with Crippen LogP contribution in [-0.2, 0) is 43.2 Å². The van der Waals surface area contributed by atoms with Gasteiger partial charge in [-0.1, -0.05) is 54.6 Å². The first-order valence-electron chi connectivity index (χ1n) is 20.8. The summed E-state index contributed by atoms with van der Waals surface area (Å²) in [7, 11) is 2.84. The second-order valence-electron chi connectivity index (χ2n) is 14.8. The Morgan fingerprint density at radius 2 is 1.38 bits per heavy atom. The fourth-order valence-corrected chi connectivity index (χ4v) is 8.96. The SMILES string of the molecule is CONc1ncnc(N[C@@H]2O[C@H](COC(c3ccccc3)(c3ccc(OC)cc3)c3ccc(OC)cc3)C(OP(OCCC#N)N(C(C)C)C(C)C)C2OCOCOCCC#N)c1N. The van der Waals surface area contributed by atoms with E-state index in [-0.39, 0.29) is 75.7 Å². The summed E-state index contributed by atoms with van der Waals surface area (Å²) in [6, 6.07) is 29.5. The zero-order chi connectivity index (χ0) is 45.9. The average molecular weight is 903 g/mol. The van der Waals surface area contributed by atoms with Crippen molar-refractivity contribution in [3.63, 3.8) is 0 Å². The molecule has 1 fully saturated rings. The van der Waals surface area contributed by atoms with Crippen molar-refractivity contribution in [2.45, 2.75) is 82.8 Å². The lowest BCUT2D eigenvalue weighted by molar-refractivity contribution is -0.164. The van der Waals surface area contributed by atoms with Gasteiger partial charge in [0.2, 0.25) is 0 Å². The second-order valence-corrected chi connectivity index (χ2v) is 16.3. The Kier molecular flexibility index (Phi) is 19.7. The third-order valence-electron chi connectivity index (χ3n) is 10.1. The van der Waals surface area contributed by atoms with Crippen LogP contribution in [-0.4, -0.2) is 106 Å². The molecule has 0 amide bonds. The van der Waals surface area contributed by atoms with Crippen LogP contribution in [0.5, 0.6) is 11.5 Å². The molecular formula is C45H59N8O10P. The molecule has 1 aliphatic rings. The summed E-state index contributed by atoms with van der Waals surface area (Å²) in [6.45, 7) is 8.10. The maximum Gasteiger partial charge on any atom is 0.259 e. The molecule has 4 aromatic rings. The lowest BCUT2D eigenvalue weighted by atomic mass is 9.80. The van der Waals surface area contributed by atoms with Gasteiger partial charge in [-0.3, -0.25) is 4.84 Å². The number of methoxy groups -OCH3 is 2. The predicted molar refractivity (Wildman–Crippen MR) is 240 cm³/mol. The number of hydrogen-bond acceptors (Lipinski definition) is 18. The molecule has 0 aliphatic carbocycles. The number of rotatable bonds is 27. The van der Waals surface area contributed by atoms with Crippen LogP contribution in [0.2, 0.25) is 0 Å². The molecule has 3 unspecified atom stereocenters. The van der Waals surface area contributed by atoms with E-state index in [1.807, 2.05) is 84.9 Å². The van der Waals surface area contributed by atoms with E-state index < -0.39 is 38.7 Å². The van der Waals surface area contributed by atoms with Gasteiger partial charge in [0.25, 0.3) is 8.53 Å². The number of hydrogen-bond donors (Lipinski definition) is 3. The summed E-state index contributed by atoms with van der Waals surface area (Å²) in [5, 5.41) is 21.8. The summed E-state index contributed by atoms with van der Waals surface area (Å²) in [6.07, 6.45) is -2.00. The first kappa shape index (κ1) is 49.8. The molecule has 0 bridgehead atoms. The number of benzene rings is 3. The molecule has 2 heterocycles. The Hall–Kier alpha value is -5.21. The van der Waals surface area contributed by atoms with Gasteiger partial charge in [0.05, 0.1) is 66.1 Å². The zero-order valence-corrected chi connectivity index (χ0v) is 38.2. The minimum Gasteiger partial charge on any atom is -0.497 e. The number of nitrogen functional groups attached to an aromatic ring is 1. The molecule has 1 aliphatic heterocycles. The molecule has 18 nitrogen and oxygen atoms in total. The predicted octanol–water partition coefficient (Wildman–Crippen LogP) is 7.10. The molecule has 5 atom stereocenters. The minimum absolute atomic E-state index is 0.0178. The van der Waals surface area contributed by atoms with Crippen molar-refractivity contribution in [3.8, 4) is 23.6 Å². The first-order chi connectivity index (χ1) is 31.1. The highest BCUT2D eigenvalue weighted by Crippen LogP contribution is 2.50. The van der Waals surface area contributed by atoms with Crippen LogP contribution < -0.4 is 26.0 Å². The summed E-state index contributed by atoms with van der Waals surface area (Å²) in [5.74, 6) is 1.81. The Bertz CT molecular complexity index is 2020. The smallest absolute Gasteiger partial charge is 0.259 e. The van der Waals surface area contributed by atoms with Gasteiger partial charge in [-0.05, 0) is 68.7 Å². The van der Waals surface area contributed by atoms with E-state index in [4.69, 9.17) is 58.0 Å². The van der Waals surface area contributed by atoms with E-state index in [0.717, 1.165) is 16.7 Å². The molecule has 1 aromatic heterocycles. The van der Waals surface area contributed by atoms with Gasteiger partial charge in [0, 0.05) is 12.1 Å². The Labute approximate surface area is 376 Å². The number of anilines is 3. The van der Waals surface area contributed by atoms with Crippen molar-refractivity contribution in [2.24, 2.45) is 0 Å². The number of nitrogens with one attached hydrogen (secondary N) is 2. The number of aromatic nitrogens is 2. The van der Waals surface area contributed by atoms with Gasteiger partial charge < -0.3 is 53.3 Å². The maximum atomic E-state index is 9.50. The molecule has 4 N–H and O–H groups in total. The minimum atomic E-state index is -1.85. The van der Waals surface area contributed by atoms with E-state index in [2.05, 4.69) is 59.2 Å². The first-order valence-corrected chi connectivity index (χ1v) is 21.9.